The minimum Gasteiger partial charge on any atom is -0.484 e. The predicted molar refractivity (Wildman–Crippen MR) is 102 cm³/mol. The number of Topliss-reactive ketones (excluding diaryl/α,β-unsaturated/α-hetero) is 1. The number of ketones is 1. The Balaban J connectivity index is 1.48. The molecule has 6 nitrogen and oxygen atoms in total. The van der Waals surface area contributed by atoms with Gasteiger partial charge >= 0.3 is 0 Å². The first-order valence-electron chi connectivity index (χ1n) is 8.97. The van der Waals surface area contributed by atoms with Crippen molar-refractivity contribution < 1.29 is 19.1 Å². The van der Waals surface area contributed by atoms with Crippen LogP contribution in [0.4, 0.5) is 5.69 Å². The number of benzene rings is 2. The number of hydrogen-bond donors (Lipinski definition) is 2. The van der Waals surface area contributed by atoms with Gasteiger partial charge in [0.25, 0.3) is 5.91 Å². The van der Waals surface area contributed by atoms with Crippen molar-refractivity contribution in [1.82, 2.24) is 0 Å². The van der Waals surface area contributed by atoms with Crippen LogP contribution >= 0.6 is 0 Å². The molecule has 0 fully saturated rings. The van der Waals surface area contributed by atoms with E-state index in [1.807, 2.05) is 18.2 Å². The van der Waals surface area contributed by atoms with Crippen molar-refractivity contribution in [3.63, 3.8) is 0 Å². The Morgan fingerprint density at radius 2 is 1.70 bits per heavy atom. The lowest BCUT2D eigenvalue weighted by Gasteiger charge is -2.08. The molecular formula is C21H22N2O4. The van der Waals surface area contributed by atoms with Gasteiger partial charge in [0.2, 0.25) is 5.91 Å². The highest BCUT2D eigenvalue weighted by Crippen LogP contribution is 2.23. The molecule has 0 saturated heterocycles. The first-order valence-corrected chi connectivity index (χ1v) is 8.97. The maximum atomic E-state index is 12.3. The number of aryl methyl sites for hydroxylation is 2. The fraction of sp³-hybridized carbons (Fsp3) is 0.286. The van der Waals surface area contributed by atoms with Gasteiger partial charge in [0.1, 0.15) is 5.75 Å². The summed E-state index contributed by atoms with van der Waals surface area (Å²) in [6.07, 6.45) is 3.54. The van der Waals surface area contributed by atoms with E-state index in [1.54, 1.807) is 24.3 Å². The number of amides is 2. The fourth-order valence-corrected chi connectivity index (χ4v) is 3.13. The Bertz CT molecular complexity index is 859. The van der Waals surface area contributed by atoms with Crippen LogP contribution in [0.2, 0.25) is 0 Å². The predicted octanol–water partition coefficient (Wildman–Crippen LogP) is 2.64. The molecule has 1 aliphatic rings. The van der Waals surface area contributed by atoms with Crippen molar-refractivity contribution in [2.75, 3.05) is 11.9 Å². The summed E-state index contributed by atoms with van der Waals surface area (Å²) in [6, 6.07) is 12.4. The SMILES string of the molecule is NC(=O)COc1ccc(NC(=O)CCC(=O)c2ccc3c(c2)CCC3)cc1. The maximum Gasteiger partial charge on any atom is 0.255 e. The third-order valence-electron chi connectivity index (χ3n) is 4.52. The summed E-state index contributed by atoms with van der Waals surface area (Å²) < 4.78 is 5.16. The smallest absolute Gasteiger partial charge is 0.255 e. The largest absolute Gasteiger partial charge is 0.484 e. The van der Waals surface area contributed by atoms with Gasteiger partial charge in [-0.2, -0.15) is 0 Å². The molecule has 0 unspecified atom stereocenters. The van der Waals surface area contributed by atoms with E-state index in [2.05, 4.69) is 5.32 Å². The molecule has 3 rings (SSSR count). The Labute approximate surface area is 157 Å². The van der Waals surface area contributed by atoms with Gasteiger partial charge in [-0.15, -0.1) is 0 Å². The molecule has 1 aliphatic carbocycles. The number of carbonyl (C=O) groups is 3. The molecule has 0 radical (unpaired) electrons. The van der Waals surface area contributed by atoms with E-state index in [-0.39, 0.29) is 31.1 Å². The van der Waals surface area contributed by atoms with E-state index in [9.17, 15) is 14.4 Å². The number of carbonyl (C=O) groups excluding carboxylic acids is 3. The zero-order chi connectivity index (χ0) is 19.2. The van der Waals surface area contributed by atoms with Gasteiger partial charge in [-0.25, -0.2) is 0 Å². The minimum atomic E-state index is -0.555. The van der Waals surface area contributed by atoms with Crippen LogP contribution in [0.25, 0.3) is 0 Å². The zero-order valence-corrected chi connectivity index (χ0v) is 15.0. The standard InChI is InChI=1S/C21H22N2O4/c22-20(25)13-27-18-8-6-17(7-9-18)23-21(26)11-10-19(24)16-5-4-14-2-1-3-15(14)12-16/h4-9,12H,1-3,10-11,13H2,(H2,22,25)(H,23,26). The summed E-state index contributed by atoms with van der Waals surface area (Å²) >= 11 is 0. The first-order chi connectivity index (χ1) is 13.0. The third kappa shape index (κ3) is 5.17. The molecule has 3 N–H and O–H groups in total. The van der Waals surface area contributed by atoms with Crippen molar-refractivity contribution in [2.24, 2.45) is 5.73 Å². The van der Waals surface area contributed by atoms with Gasteiger partial charge in [0, 0.05) is 24.1 Å². The van der Waals surface area contributed by atoms with Gasteiger partial charge in [-0.05, 0) is 60.7 Å². The van der Waals surface area contributed by atoms with Gasteiger partial charge in [-0.1, -0.05) is 12.1 Å². The van der Waals surface area contributed by atoms with Crippen molar-refractivity contribution in [3.05, 3.63) is 59.2 Å². The Morgan fingerprint density at radius 1 is 0.963 bits per heavy atom. The molecule has 0 heterocycles. The van der Waals surface area contributed by atoms with Crippen LogP contribution in [0.5, 0.6) is 5.75 Å². The Kier molecular flexibility index (Phi) is 5.86. The highest BCUT2D eigenvalue weighted by molar-refractivity contribution is 6.00. The molecule has 27 heavy (non-hydrogen) atoms. The van der Waals surface area contributed by atoms with Crippen molar-refractivity contribution in [2.45, 2.75) is 32.1 Å². The van der Waals surface area contributed by atoms with Crippen LogP contribution < -0.4 is 15.8 Å². The molecule has 0 aromatic heterocycles. The normalized spacial score (nSPS) is 12.3. The molecule has 0 atom stereocenters. The summed E-state index contributed by atoms with van der Waals surface area (Å²) in [5.41, 5.74) is 8.87. The summed E-state index contributed by atoms with van der Waals surface area (Å²) in [5.74, 6) is -0.315. The van der Waals surface area contributed by atoms with E-state index in [0.29, 0.717) is 17.0 Å². The van der Waals surface area contributed by atoms with E-state index in [4.69, 9.17) is 10.5 Å². The molecule has 0 aliphatic heterocycles. The molecule has 2 amide bonds. The lowest BCUT2D eigenvalue weighted by atomic mass is 10.0. The molecule has 2 aromatic carbocycles. The summed E-state index contributed by atoms with van der Waals surface area (Å²) in [7, 11) is 0. The molecular weight excluding hydrogens is 344 g/mol. The average molecular weight is 366 g/mol. The van der Waals surface area contributed by atoms with Crippen LogP contribution in [0.3, 0.4) is 0 Å². The number of nitrogens with two attached hydrogens (primary N) is 1. The van der Waals surface area contributed by atoms with Crippen LogP contribution in [0.15, 0.2) is 42.5 Å². The summed E-state index contributed by atoms with van der Waals surface area (Å²) in [6.45, 7) is -0.198. The Morgan fingerprint density at radius 3 is 2.44 bits per heavy atom. The monoisotopic (exact) mass is 366 g/mol. The molecule has 6 heteroatoms. The number of nitrogens with one attached hydrogen (secondary N) is 1. The Hall–Kier alpha value is -3.15. The molecule has 2 aromatic rings. The first kappa shape index (κ1) is 18.6. The molecule has 0 spiro atoms. The van der Waals surface area contributed by atoms with Crippen molar-refractivity contribution in [1.29, 1.82) is 0 Å². The summed E-state index contributed by atoms with van der Waals surface area (Å²) in [5, 5.41) is 2.74. The summed E-state index contributed by atoms with van der Waals surface area (Å²) in [4.78, 5) is 35.1. The fourth-order valence-electron chi connectivity index (χ4n) is 3.13. The van der Waals surface area contributed by atoms with Crippen molar-refractivity contribution in [3.8, 4) is 5.75 Å². The second-order valence-electron chi connectivity index (χ2n) is 6.59. The van der Waals surface area contributed by atoms with Crippen LogP contribution in [-0.4, -0.2) is 24.2 Å². The third-order valence-corrected chi connectivity index (χ3v) is 4.52. The van der Waals surface area contributed by atoms with Crippen molar-refractivity contribution >= 4 is 23.3 Å². The quantitative estimate of drug-likeness (QED) is 0.702. The van der Waals surface area contributed by atoms with E-state index >= 15 is 0 Å². The van der Waals surface area contributed by atoms with E-state index < -0.39 is 5.91 Å². The minimum absolute atomic E-state index is 0.0185. The number of ether oxygens (including phenoxy) is 1. The van der Waals surface area contributed by atoms with Gasteiger partial charge in [-0.3, -0.25) is 14.4 Å². The number of primary amides is 1. The van der Waals surface area contributed by atoms with Gasteiger partial charge in [0.15, 0.2) is 12.4 Å². The van der Waals surface area contributed by atoms with Gasteiger partial charge in [0.05, 0.1) is 0 Å². The number of anilines is 1. The van der Waals surface area contributed by atoms with Crippen LogP contribution in [0.1, 0.15) is 40.7 Å². The number of rotatable bonds is 8. The lowest BCUT2D eigenvalue weighted by molar-refractivity contribution is -0.120. The van der Waals surface area contributed by atoms with Crippen LogP contribution in [0, 0.1) is 0 Å². The van der Waals surface area contributed by atoms with Crippen LogP contribution in [-0.2, 0) is 22.4 Å². The zero-order valence-electron chi connectivity index (χ0n) is 15.0. The number of hydrogen-bond acceptors (Lipinski definition) is 4. The molecule has 0 bridgehead atoms. The van der Waals surface area contributed by atoms with Gasteiger partial charge < -0.3 is 15.8 Å². The highest BCUT2D eigenvalue weighted by atomic mass is 16.5. The topological polar surface area (TPSA) is 98.5 Å². The molecule has 140 valence electrons. The second kappa shape index (κ2) is 8.49. The van der Waals surface area contributed by atoms with E-state index in [0.717, 1.165) is 19.3 Å². The second-order valence-corrected chi connectivity index (χ2v) is 6.59. The maximum absolute atomic E-state index is 12.3. The highest BCUT2D eigenvalue weighted by Gasteiger charge is 2.15. The molecule has 0 saturated carbocycles. The lowest BCUT2D eigenvalue weighted by Crippen LogP contribution is -2.20. The number of fused-ring (bicyclic) bond motifs is 1. The van der Waals surface area contributed by atoms with E-state index in [1.165, 1.54) is 11.1 Å². The average Bonchev–Trinajstić information content (AvgIpc) is 3.13.